The number of esters is 1. The van der Waals surface area contributed by atoms with Crippen LogP contribution in [0.4, 0.5) is 0 Å². The molecule has 0 bridgehead atoms. The van der Waals surface area contributed by atoms with Gasteiger partial charge in [0.25, 0.3) is 0 Å². The lowest BCUT2D eigenvalue weighted by Crippen LogP contribution is -2.35. The van der Waals surface area contributed by atoms with Crippen LogP contribution in [0.25, 0.3) is 0 Å². The summed E-state index contributed by atoms with van der Waals surface area (Å²) in [6.45, 7) is -0.171. The summed E-state index contributed by atoms with van der Waals surface area (Å²) in [7, 11) is 0. The van der Waals surface area contributed by atoms with E-state index in [4.69, 9.17) is 21.1 Å². The Morgan fingerprint density at radius 1 is 1.58 bits per heavy atom. The highest BCUT2D eigenvalue weighted by molar-refractivity contribution is 5.89. The molecule has 6 nitrogen and oxygen atoms in total. The Morgan fingerprint density at radius 2 is 2.17 bits per heavy atom. The predicted octanol–water partition coefficient (Wildman–Crippen LogP) is -1.44. The molecule has 0 aromatic carbocycles. The molecule has 0 aromatic heterocycles. The van der Waals surface area contributed by atoms with E-state index in [0.717, 1.165) is 0 Å². The molecule has 1 rings (SSSR count). The number of carbonyl (C=O) groups is 1. The van der Waals surface area contributed by atoms with Crippen molar-refractivity contribution in [1.82, 2.24) is 0 Å². The SMILES string of the molecule is NC[C@H](O)[C@H]1OC(=O)C(O)=C1O. The maximum absolute atomic E-state index is 10.6. The Labute approximate surface area is 67.9 Å². The van der Waals surface area contributed by atoms with Gasteiger partial charge in [-0.3, -0.25) is 0 Å². The normalized spacial score (nSPS) is 25.8. The Kier molecular flexibility index (Phi) is 2.20. The second kappa shape index (κ2) is 3.00. The summed E-state index contributed by atoms with van der Waals surface area (Å²) < 4.78 is 4.40. The van der Waals surface area contributed by atoms with Crippen LogP contribution < -0.4 is 5.73 Å². The Balaban J connectivity index is 2.80. The highest BCUT2D eigenvalue weighted by atomic mass is 16.6. The first kappa shape index (κ1) is 8.82. The summed E-state index contributed by atoms with van der Waals surface area (Å²) >= 11 is 0. The van der Waals surface area contributed by atoms with Gasteiger partial charge in [-0.2, -0.15) is 0 Å². The number of cyclic esters (lactones) is 1. The van der Waals surface area contributed by atoms with Crippen LogP contribution in [0.3, 0.4) is 0 Å². The molecule has 1 aliphatic heterocycles. The third-order valence-corrected chi connectivity index (χ3v) is 1.53. The van der Waals surface area contributed by atoms with Gasteiger partial charge in [-0.15, -0.1) is 0 Å². The third kappa shape index (κ3) is 1.21. The third-order valence-electron chi connectivity index (χ3n) is 1.53. The zero-order valence-electron chi connectivity index (χ0n) is 6.10. The van der Waals surface area contributed by atoms with Crippen molar-refractivity contribution < 1.29 is 24.9 Å². The number of rotatable bonds is 2. The molecule has 0 fully saturated rings. The molecule has 0 unspecified atom stereocenters. The smallest absolute Gasteiger partial charge is 0.377 e. The van der Waals surface area contributed by atoms with Gasteiger partial charge in [0.1, 0.15) is 6.10 Å². The van der Waals surface area contributed by atoms with Crippen LogP contribution in [0.1, 0.15) is 0 Å². The second-order valence-corrected chi connectivity index (χ2v) is 2.36. The average Bonchev–Trinajstić information content (AvgIpc) is 2.32. The van der Waals surface area contributed by atoms with Crippen LogP contribution in [-0.2, 0) is 9.53 Å². The minimum atomic E-state index is -1.23. The highest BCUT2D eigenvalue weighted by Gasteiger charge is 2.38. The maximum atomic E-state index is 10.6. The first-order valence-electron chi connectivity index (χ1n) is 3.29. The molecule has 0 amide bonds. The van der Waals surface area contributed by atoms with E-state index < -0.39 is 29.7 Å². The fourth-order valence-corrected chi connectivity index (χ4v) is 0.851. The second-order valence-electron chi connectivity index (χ2n) is 2.36. The number of hydrogen-bond donors (Lipinski definition) is 4. The zero-order chi connectivity index (χ0) is 9.30. The Bertz CT molecular complexity index is 236. The summed E-state index contributed by atoms with van der Waals surface area (Å²) in [6, 6.07) is 0. The van der Waals surface area contributed by atoms with Crippen LogP contribution in [0.5, 0.6) is 0 Å². The first-order valence-corrected chi connectivity index (χ1v) is 3.29. The van der Waals surface area contributed by atoms with Gasteiger partial charge in [-0.25, -0.2) is 4.79 Å². The van der Waals surface area contributed by atoms with Crippen LogP contribution in [0.2, 0.25) is 0 Å². The topological polar surface area (TPSA) is 113 Å². The minimum Gasteiger partial charge on any atom is -0.505 e. The number of ether oxygens (including phenoxy) is 1. The van der Waals surface area contributed by atoms with E-state index in [9.17, 15) is 4.79 Å². The summed E-state index contributed by atoms with van der Waals surface area (Å²) in [6.07, 6.45) is -2.43. The standard InChI is InChI=1S/C6H9NO5/c7-1-2(8)5-3(9)4(10)6(11)12-5/h2,5,8-10H,1,7H2/t2-,5+/m0/s1. The van der Waals surface area contributed by atoms with Gasteiger partial charge in [0.15, 0.2) is 11.9 Å². The van der Waals surface area contributed by atoms with E-state index in [1.54, 1.807) is 0 Å². The highest BCUT2D eigenvalue weighted by Crippen LogP contribution is 2.20. The van der Waals surface area contributed by atoms with Crippen LogP contribution in [0, 0.1) is 0 Å². The van der Waals surface area contributed by atoms with Crippen molar-refractivity contribution in [2.75, 3.05) is 6.54 Å². The lowest BCUT2D eigenvalue weighted by molar-refractivity contribution is -0.146. The van der Waals surface area contributed by atoms with Gasteiger partial charge in [0, 0.05) is 6.54 Å². The predicted molar refractivity (Wildman–Crippen MR) is 37.2 cm³/mol. The minimum absolute atomic E-state index is 0.171. The number of aliphatic hydroxyl groups is 3. The number of carbonyl (C=O) groups excluding carboxylic acids is 1. The summed E-state index contributed by atoms with van der Waals surface area (Å²) in [5.74, 6) is -2.59. The Morgan fingerprint density at radius 3 is 2.50 bits per heavy atom. The van der Waals surface area contributed by atoms with Gasteiger partial charge in [0.05, 0.1) is 0 Å². The van der Waals surface area contributed by atoms with Gasteiger partial charge in [-0.1, -0.05) is 0 Å². The molecule has 0 saturated heterocycles. The van der Waals surface area contributed by atoms with E-state index in [0.29, 0.717) is 0 Å². The molecule has 5 N–H and O–H groups in total. The molecule has 1 aliphatic rings. The van der Waals surface area contributed by atoms with E-state index >= 15 is 0 Å². The molecule has 2 atom stereocenters. The largest absolute Gasteiger partial charge is 0.505 e. The number of nitrogens with two attached hydrogens (primary N) is 1. The summed E-state index contributed by atoms with van der Waals surface area (Å²) in [5.41, 5.74) is 5.05. The molecule has 12 heavy (non-hydrogen) atoms. The van der Waals surface area contributed by atoms with Gasteiger partial charge in [-0.05, 0) is 0 Å². The quantitative estimate of drug-likeness (QED) is 0.382. The molecule has 0 saturated carbocycles. The average molecular weight is 175 g/mol. The molecule has 0 aliphatic carbocycles. The zero-order valence-corrected chi connectivity index (χ0v) is 6.10. The summed E-state index contributed by atoms with van der Waals surface area (Å²) in [4.78, 5) is 10.6. The molecule has 1 heterocycles. The van der Waals surface area contributed by atoms with Crippen molar-refractivity contribution in [3.05, 3.63) is 11.5 Å². The molecule has 0 aromatic rings. The van der Waals surface area contributed by atoms with Crippen molar-refractivity contribution in [3.63, 3.8) is 0 Å². The Hall–Kier alpha value is -1.27. The van der Waals surface area contributed by atoms with Gasteiger partial charge in [0.2, 0.25) is 5.76 Å². The van der Waals surface area contributed by atoms with E-state index in [2.05, 4.69) is 4.74 Å². The van der Waals surface area contributed by atoms with Gasteiger partial charge >= 0.3 is 5.97 Å². The molecular weight excluding hydrogens is 166 g/mol. The van der Waals surface area contributed by atoms with Crippen molar-refractivity contribution in [2.45, 2.75) is 12.2 Å². The van der Waals surface area contributed by atoms with Crippen molar-refractivity contribution in [2.24, 2.45) is 5.73 Å². The van der Waals surface area contributed by atoms with E-state index in [-0.39, 0.29) is 6.54 Å². The molecule has 0 spiro atoms. The van der Waals surface area contributed by atoms with E-state index in [1.165, 1.54) is 0 Å². The monoisotopic (exact) mass is 175 g/mol. The van der Waals surface area contributed by atoms with E-state index in [1.807, 2.05) is 0 Å². The fraction of sp³-hybridized carbons (Fsp3) is 0.500. The first-order chi connectivity index (χ1) is 5.57. The number of aliphatic hydroxyl groups excluding tert-OH is 3. The molecule has 0 radical (unpaired) electrons. The molecule has 68 valence electrons. The van der Waals surface area contributed by atoms with Crippen molar-refractivity contribution in [3.8, 4) is 0 Å². The lowest BCUT2D eigenvalue weighted by atomic mass is 10.2. The van der Waals surface area contributed by atoms with Crippen LogP contribution in [-0.4, -0.2) is 40.0 Å². The van der Waals surface area contributed by atoms with Crippen LogP contribution >= 0.6 is 0 Å². The van der Waals surface area contributed by atoms with Gasteiger partial charge < -0.3 is 25.8 Å². The van der Waals surface area contributed by atoms with Crippen molar-refractivity contribution in [1.29, 1.82) is 0 Å². The molecule has 6 heteroatoms. The maximum Gasteiger partial charge on any atom is 0.377 e. The summed E-state index contributed by atoms with van der Waals surface area (Å²) in [5, 5.41) is 26.8. The lowest BCUT2D eigenvalue weighted by Gasteiger charge is -2.14. The molecular formula is C6H9NO5. The van der Waals surface area contributed by atoms with Crippen LogP contribution in [0.15, 0.2) is 11.5 Å². The number of hydrogen-bond acceptors (Lipinski definition) is 6. The van der Waals surface area contributed by atoms with Crippen molar-refractivity contribution >= 4 is 5.97 Å². The fourth-order valence-electron chi connectivity index (χ4n) is 0.851.